The topological polar surface area (TPSA) is 68.0 Å². The largest absolute Gasteiger partial charge is 0.323 e. The molecule has 1 saturated carbocycles. The van der Waals surface area contributed by atoms with Crippen LogP contribution in [0.1, 0.15) is 25.7 Å². The third kappa shape index (κ3) is 2.31. The zero-order chi connectivity index (χ0) is 13.3. The Labute approximate surface area is 112 Å². The first-order valence-electron chi connectivity index (χ1n) is 6.63. The third-order valence-electron chi connectivity index (χ3n) is 3.80. The van der Waals surface area contributed by atoms with Crippen LogP contribution in [-0.4, -0.2) is 16.4 Å². The van der Waals surface area contributed by atoms with Crippen molar-refractivity contribution in [3.05, 3.63) is 36.5 Å². The van der Waals surface area contributed by atoms with Crippen LogP contribution in [0.2, 0.25) is 0 Å². The fourth-order valence-electron chi connectivity index (χ4n) is 2.63. The number of aromatic nitrogens is 1. The molecule has 1 fully saturated rings. The molecule has 0 radical (unpaired) electrons. The van der Waals surface area contributed by atoms with Crippen molar-refractivity contribution in [3.8, 4) is 0 Å². The van der Waals surface area contributed by atoms with Crippen LogP contribution in [0.5, 0.6) is 0 Å². The van der Waals surface area contributed by atoms with Gasteiger partial charge in [0.1, 0.15) is 0 Å². The number of amides is 1. The van der Waals surface area contributed by atoms with E-state index in [0.717, 1.165) is 36.6 Å². The summed E-state index contributed by atoms with van der Waals surface area (Å²) >= 11 is 0. The molecule has 0 atom stereocenters. The van der Waals surface area contributed by atoms with E-state index in [9.17, 15) is 4.79 Å². The lowest BCUT2D eigenvalue weighted by atomic mass is 9.98. The van der Waals surface area contributed by atoms with Gasteiger partial charge in [-0.15, -0.1) is 0 Å². The van der Waals surface area contributed by atoms with E-state index >= 15 is 0 Å². The second-order valence-electron chi connectivity index (χ2n) is 5.23. The van der Waals surface area contributed by atoms with E-state index in [1.54, 1.807) is 6.20 Å². The molecule has 0 saturated heterocycles. The van der Waals surface area contributed by atoms with Gasteiger partial charge in [0.25, 0.3) is 0 Å². The minimum absolute atomic E-state index is 0.0953. The summed E-state index contributed by atoms with van der Waals surface area (Å²) in [4.78, 5) is 16.5. The number of pyridine rings is 1. The number of rotatable bonds is 2. The summed E-state index contributed by atoms with van der Waals surface area (Å²) in [6.07, 6.45) is 5.26. The highest BCUT2D eigenvalue weighted by Crippen LogP contribution is 2.28. The quantitative estimate of drug-likeness (QED) is 0.866. The average molecular weight is 255 g/mol. The molecule has 0 spiro atoms. The zero-order valence-electron chi connectivity index (χ0n) is 10.7. The molecule has 98 valence electrons. The fourth-order valence-corrected chi connectivity index (χ4v) is 2.63. The number of hydrogen-bond acceptors (Lipinski definition) is 3. The standard InChI is InChI=1S/C15H17N3O/c16-15(7-3-4-8-15)14(19)18-12-9-11-5-1-2-6-13(11)17-10-12/h1-2,5-6,9-10H,3-4,7-8,16H2,(H,18,19). The Kier molecular flexibility index (Phi) is 2.95. The number of nitrogens with one attached hydrogen (secondary N) is 1. The van der Waals surface area contributed by atoms with E-state index in [1.165, 1.54) is 0 Å². The highest BCUT2D eigenvalue weighted by atomic mass is 16.2. The van der Waals surface area contributed by atoms with Gasteiger partial charge in [0, 0.05) is 5.39 Å². The number of para-hydroxylation sites is 1. The maximum Gasteiger partial charge on any atom is 0.244 e. The summed E-state index contributed by atoms with van der Waals surface area (Å²) in [7, 11) is 0. The van der Waals surface area contributed by atoms with Crippen molar-refractivity contribution in [3.63, 3.8) is 0 Å². The van der Waals surface area contributed by atoms with Crippen LogP contribution in [0.4, 0.5) is 5.69 Å². The lowest BCUT2D eigenvalue weighted by Crippen LogP contribution is -2.48. The Morgan fingerprint density at radius 1 is 1.26 bits per heavy atom. The van der Waals surface area contributed by atoms with E-state index in [-0.39, 0.29) is 5.91 Å². The van der Waals surface area contributed by atoms with Crippen molar-refractivity contribution in [2.24, 2.45) is 5.73 Å². The highest BCUT2D eigenvalue weighted by molar-refractivity contribution is 5.99. The summed E-state index contributed by atoms with van der Waals surface area (Å²) in [6.45, 7) is 0. The average Bonchev–Trinajstić information content (AvgIpc) is 2.87. The summed E-state index contributed by atoms with van der Waals surface area (Å²) in [5.74, 6) is -0.0953. The van der Waals surface area contributed by atoms with E-state index in [1.807, 2.05) is 30.3 Å². The van der Waals surface area contributed by atoms with Crippen LogP contribution in [0.3, 0.4) is 0 Å². The molecule has 0 unspecified atom stereocenters. The predicted octanol–water partition coefficient (Wildman–Crippen LogP) is 2.44. The molecule has 0 aliphatic heterocycles. The molecule has 1 aliphatic rings. The predicted molar refractivity (Wildman–Crippen MR) is 75.8 cm³/mol. The van der Waals surface area contributed by atoms with Gasteiger partial charge < -0.3 is 11.1 Å². The molecular weight excluding hydrogens is 238 g/mol. The van der Waals surface area contributed by atoms with Crippen molar-refractivity contribution in [1.29, 1.82) is 0 Å². The Morgan fingerprint density at radius 3 is 2.79 bits per heavy atom. The van der Waals surface area contributed by atoms with E-state index in [2.05, 4.69) is 10.3 Å². The molecule has 4 heteroatoms. The fraction of sp³-hybridized carbons (Fsp3) is 0.333. The number of carbonyl (C=O) groups is 1. The van der Waals surface area contributed by atoms with Gasteiger partial charge >= 0.3 is 0 Å². The summed E-state index contributed by atoms with van der Waals surface area (Å²) in [6, 6.07) is 9.75. The Balaban J connectivity index is 1.83. The van der Waals surface area contributed by atoms with Gasteiger partial charge in [-0.25, -0.2) is 0 Å². The van der Waals surface area contributed by atoms with E-state index in [0.29, 0.717) is 5.69 Å². The summed E-state index contributed by atoms with van der Waals surface area (Å²) in [5.41, 5.74) is 7.06. The summed E-state index contributed by atoms with van der Waals surface area (Å²) in [5, 5.41) is 3.90. The number of carbonyl (C=O) groups excluding carboxylic acids is 1. The Hall–Kier alpha value is -1.94. The molecule has 1 amide bonds. The molecule has 0 bridgehead atoms. The van der Waals surface area contributed by atoms with E-state index < -0.39 is 5.54 Å². The van der Waals surface area contributed by atoms with Crippen LogP contribution in [0.15, 0.2) is 36.5 Å². The number of nitrogens with zero attached hydrogens (tertiary/aromatic N) is 1. The number of anilines is 1. The van der Waals surface area contributed by atoms with Crippen LogP contribution >= 0.6 is 0 Å². The second-order valence-corrected chi connectivity index (χ2v) is 5.23. The van der Waals surface area contributed by atoms with Gasteiger partial charge in [-0.2, -0.15) is 0 Å². The van der Waals surface area contributed by atoms with Crippen molar-refractivity contribution < 1.29 is 4.79 Å². The third-order valence-corrected chi connectivity index (χ3v) is 3.80. The van der Waals surface area contributed by atoms with E-state index in [4.69, 9.17) is 5.73 Å². The van der Waals surface area contributed by atoms with Crippen LogP contribution < -0.4 is 11.1 Å². The van der Waals surface area contributed by atoms with Gasteiger partial charge in [0.05, 0.1) is 22.9 Å². The molecule has 2 aromatic rings. The number of benzene rings is 1. The van der Waals surface area contributed by atoms with Crippen LogP contribution in [0.25, 0.3) is 10.9 Å². The molecule has 3 rings (SSSR count). The SMILES string of the molecule is NC1(C(=O)Nc2cnc3ccccc3c2)CCCC1. The molecule has 1 aromatic carbocycles. The zero-order valence-corrected chi connectivity index (χ0v) is 10.7. The van der Waals surface area contributed by atoms with Crippen molar-refractivity contribution in [2.45, 2.75) is 31.2 Å². The number of nitrogens with two attached hydrogens (primary N) is 1. The van der Waals surface area contributed by atoms with Crippen LogP contribution in [-0.2, 0) is 4.79 Å². The lowest BCUT2D eigenvalue weighted by molar-refractivity contribution is -0.121. The smallest absolute Gasteiger partial charge is 0.244 e. The Bertz CT molecular complexity index is 618. The van der Waals surface area contributed by atoms with Crippen molar-refractivity contribution >= 4 is 22.5 Å². The molecule has 1 heterocycles. The maximum absolute atomic E-state index is 12.2. The monoisotopic (exact) mass is 255 g/mol. The number of fused-ring (bicyclic) bond motifs is 1. The van der Waals surface area contributed by atoms with Gasteiger partial charge in [-0.05, 0) is 25.0 Å². The van der Waals surface area contributed by atoms with Gasteiger partial charge in [-0.3, -0.25) is 9.78 Å². The highest BCUT2D eigenvalue weighted by Gasteiger charge is 2.36. The molecular formula is C15H17N3O. The molecule has 1 aliphatic carbocycles. The first-order chi connectivity index (χ1) is 9.17. The molecule has 1 aromatic heterocycles. The molecule has 3 N–H and O–H groups in total. The van der Waals surface area contributed by atoms with Crippen molar-refractivity contribution in [2.75, 3.05) is 5.32 Å². The molecule has 19 heavy (non-hydrogen) atoms. The minimum atomic E-state index is -0.703. The number of hydrogen-bond donors (Lipinski definition) is 2. The van der Waals surface area contributed by atoms with Gasteiger partial charge in [0.2, 0.25) is 5.91 Å². The minimum Gasteiger partial charge on any atom is -0.323 e. The Morgan fingerprint density at radius 2 is 2.00 bits per heavy atom. The lowest BCUT2D eigenvalue weighted by Gasteiger charge is -2.22. The second kappa shape index (κ2) is 4.63. The van der Waals surface area contributed by atoms with Gasteiger partial charge in [0.15, 0.2) is 0 Å². The van der Waals surface area contributed by atoms with Gasteiger partial charge in [-0.1, -0.05) is 31.0 Å². The first-order valence-corrected chi connectivity index (χ1v) is 6.63. The molecule has 4 nitrogen and oxygen atoms in total. The van der Waals surface area contributed by atoms with Crippen molar-refractivity contribution in [1.82, 2.24) is 4.98 Å². The van der Waals surface area contributed by atoms with Crippen LogP contribution in [0, 0.1) is 0 Å². The first kappa shape index (κ1) is 12.1. The normalized spacial score (nSPS) is 17.5. The maximum atomic E-state index is 12.2. The summed E-state index contributed by atoms with van der Waals surface area (Å²) < 4.78 is 0.